The molecule has 0 amide bonds. The molecule has 2 heterocycles. The first kappa shape index (κ1) is 22.1. The summed E-state index contributed by atoms with van der Waals surface area (Å²) in [6.45, 7) is 15.5. The van der Waals surface area contributed by atoms with Crippen LogP contribution in [0.25, 0.3) is 11.3 Å². The summed E-state index contributed by atoms with van der Waals surface area (Å²) in [4.78, 5) is 4.84. The number of hydrogen-bond donors (Lipinski definition) is 1. The Morgan fingerprint density at radius 1 is 1.14 bits per heavy atom. The monoisotopic (exact) mass is 387 g/mol. The SMILES string of the molecule is CC.CCC1CN(c2cc(-c3cc(F)ccc3C)nnc2N)CC(C)N1CC. The topological polar surface area (TPSA) is 58.3 Å². The highest BCUT2D eigenvalue weighted by molar-refractivity contribution is 5.72. The predicted molar refractivity (Wildman–Crippen MR) is 116 cm³/mol. The molecule has 154 valence electrons. The van der Waals surface area contributed by atoms with Gasteiger partial charge in [0, 0.05) is 30.7 Å². The van der Waals surface area contributed by atoms with Crippen LogP contribution in [0, 0.1) is 12.7 Å². The minimum atomic E-state index is -0.276. The van der Waals surface area contributed by atoms with Crippen LogP contribution < -0.4 is 10.6 Å². The lowest BCUT2D eigenvalue weighted by Crippen LogP contribution is -2.57. The molecular formula is C22H34FN5. The van der Waals surface area contributed by atoms with Crippen molar-refractivity contribution in [3.8, 4) is 11.3 Å². The summed E-state index contributed by atoms with van der Waals surface area (Å²) in [5, 5.41) is 8.38. The van der Waals surface area contributed by atoms with Crippen molar-refractivity contribution in [3.05, 3.63) is 35.6 Å². The van der Waals surface area contributed by atoms with Crippen LogP contribution in [0.5, 0.6) is 0 Å². The third-order valence-electron chi connectivity index (χ3n) is 5.40. The maximum absolute atomic E-state index is 13.7. The third-order valence-corrected chi connectivity index (χ3v) is 5.40. The summed E-state index contributed by atoms with van der Waals surface area (Å²) < 4.78 is 13.7. The Morgan fingerprint density at radius 3 is 2.50 bits per heavy atom. The molecule has 0 spiro atoms. The van der Waals surface area contributed by atoms with Crippen LogP contribution in [0.2, 0.25) is 0 Å². The number of likely N-dealkylation sites (N-methyl/N-ethyl adjacent to an activating group) is 1. The molecule has 1 fully saturated rings. The van der Waals surface area contributed by atoms with Crippen LogP contribution in [0.3, 0.4) is 0 Å². The van der Waals surface area contributed by atoms with Gasteiger partial charge in [0.1, 0.15) is 5.82 Å². The Hall–Kier alpha value is -2.21. The normalized spacial score (nSPS) is 19.9. The molecular weight excluding hydrogens is 353 g/mol. The van der Waals surface area contributed by atoms with Crippen molar-refractivity contribution in [3.63, 3.8) is 0 Å². The molecule has 2 N–H and O–H groups in total. The average molecular weight is 388 g/mol. The number of aromatic nitrogens is 2. The van der Waals surface area contributed by atoms with Gasteiger partial charge in [0.2, 0.25) is 0 Å². The molecule has 3 rings (SSSR count). The molecule has 28 heavy (non-hydrogen) atoms. The van der Waals surface area contributed by atoms with Gasteiger partial charge in [-0.15, -0.1) is 10.2 Å². The Morgan fingerprint density at radius 2 is 1.86 bits per heavy atom. The molecule has 0 radical (unpaired) electrons. The minimum absolute atomic E-state index is 0.276. The van der Waals surface area contributed by atoms with Crippen LogP contribution in [-0.2, 0) is 0 Å². The second-order valence-electron chi connectivity index (χ2n) is 7.11. The summed E-state index contributed by atoms with van der Waals surface area (Å²) in [6, 6.07) is 7.59. The number of anilines is 2. The van der Waals surface area contributed by atoms with Gasteiger partial charge in [-0.25, -0.2) is 4.39 Å². The highest BCUT2D eigenvalue weighted by atomic mass is 19.1. The van der Waals surface area contributed by atoms with Gasteiger partial charge in [-0.05, 0) is 50.6 Å². The number of benzene rings is 1. The van der Waals surface area contributed by atoms with E-state index in [1.165, 1.54) is 12.1 Å². The summed E-state index contributed by atoms with van der Waals surface area (Å²) in [7, 11) is 0. The van der Waals surface area contributed by atoms with Crippen molar-refractivity contribution < 1.29 is 4.39 Å². The highest BCUT2D eigenvalue weighted by Gasteiger charge is 2.31. The van der Waals surface area contributed by atoms with Crippen LogP contribution in [0.15, 0.2) is 24.3 Å². The third kappa shape index (κ3) is 4.61. The fourth-order valence-electron chi connectivity index (χ4n) is 3.99. The first-order chi connectivity index (χ1) is 13.4. The van der Waals surface area contributed by atoms with Crippen molar-refractivity contribution in [2.45, 2.75) is 60.0 Å². The summed E-state index contributed by atoms with van der Waals surface area (Å²) in [6.07, 6.45) is 1.09. The largest absolute Gasteiger partial charge is 0.380 e. The number of nitrogen functional groups attached to an aromatic ring is 1. The number of aryl methyl sites for hydroxylation is 1. The molecule has 2 unspecified atom stereocenters. The van der Waals surface area contributed by atoms with Crippen LogP contribution >= 0.6 is 0 Å². The van der Waals surface area contributed by atoms with E-state index in [1.54, 1.807) is 6.07 Å². The number of nitrogens with zero attached hydrogens (tertiary/aromatic N) is 4. The van der Waals surface area contributed by atoms with E-state index in [9.17, 15) is 4.39 Å². The van der Waals surface area contributed by atoms with E-state index >= 15 is 0 Å². The Kier molecular flexibility index (Phi) is 7.75. The molecule has 1 saturated heterocycles. The Labute approximate surface area is 168 Å². The zero-order chi connectivity index (χ0) is 20.8. The van der Waals surface area contributed by atoms with E-state index in [2.05, 4.69) is 40.8 Å². The van der Waals surface area contributed by atoms with E-state index in [-0.39, 0.29) is 5.82 Å². The van der Waals surface area contributed by atoms with E-state index in [0.29, 0.717) is 23.6 Å². The smallest absolute Gasteiger partial charge is 0.169 e. The van der Waals surface area contributed by atoms with Gasteiger partial charge in [-0.3, -0.25) is 4.90 Å². The second-order valence-corrected chi connectivity index (χ2v) is 7.11. The fraction of sp³-hybridized carbons (Fsp3) is 0.545. The highest BCUT2D eigenvalue weighted by Crippen LogP contribution is 2.31. The van der Waals surface area contributed by atoms with Crippen LogP contribution in [0.1, 0.15) is 46.6 Å². The van der Waals surface area contributed by atoms with Gasteiger partial charge < -0.3 is 10.6 Å². The molecule has 1 aromatic carbocycles. The van der Waals surface area contributed by atoms with Crippen molar-refractivity contribution in [1.29, 1.82) is 0 Å². The van der Waals surface area contributed by atoms with Crippen molar-refractivity contribution in [2.75, 3.05) is 30.3 Å². The van der Waals surface area contributed by atoms with E-state index in [1.807, 2.05) is 26.8 Å². The standard InChI is InChI=1S/C20H28FN5.C2H6/c1-5-16-12-25(11-14(4)26(16)6-2)19-10-18(23-24-20(19)22)17-9-15(21)8-7-13(17)3;1-2/h7-10,14,16H,5-6,11-12H2,1-4H3,(H2,22,24);1-2H3. The van der Waals surface area contributed by atoms with Crippen LogP contribution in [0.4, 0.5) is 15.9 Å². The maximum atomic E-state index is 13.7. The molecule has 1 aromatic heterocycles. The quantitative estimate of drug-likeness (QED) is 0.836. The average Bonchev–Trinajstić information content (AvgIpc) is 2.71. The second kappa shape index (κ2) is 9.82. The lowest BCUT2D eigenvalue weighted by molar-refractivity contribution is 0.125. The summed E-state index contributed by atoms with van der Waals surface area (Å²) in [5.74, 6) is 0.150. The molecule has 0 bridgehead atoms. The molecule has 2 aromatic rings. The van der Waals surface area contributed by atoms with Gasteiger partial charge in [0.15, 0.2) is 5.82 Å². The Bertz CT molecular complexity index is 780. The van der Waals surface area contributed by atoms with E-state index in [0.717, 1.165) is 42.9 Å². The van der Waals surface area contributed by atoms with Crippen LogP contribution in [-0.4, -0.2) is 46.8 Å². The van der Waals surface area contributed by atoms with Gasteiger partial charge >= 0.3 is 0 Å². The van der Waals surface area contributed by atoms with Crippen molar-refractivity contribution in [2.24, 2.45) is 0 Å². The number of rotatable bonds is 4. The molecule has 6 heteroatoms. The maximum Gasteiger partial charge on any atom is 0.169 e. The Balaban J connectivity index is 0.00000136. The molecule has 1 aliphatic rings. The zero-order valence-electron chi connectivity index (χ0n) is 18.0. The first-order valence-corrected chi connectivity index (χ1v) is 10.3. The van der Waals surface area contributed by atoms with Gasteiger partial charge in [-0.2, -0.15) is 0 Å². The number of piperazine rings is 1. The summed E-state index contributed by atoms with van der Waals surface area (Å²) in [5.41, 5.74) is 9.43. The lowest BCUT2D eigenvalue weighted by Gasteiger charge is -2.46. The lowest BCUT2D eigenvalue weighted by atomic mass is 10.0. The molecule has 2 atom stereocenters. The van der Waals surface area contributed by atoms with Gasteiger partial charge in [0.25, 0.3) is 0 Å². The van der Waals surface area contributed by atoms with E-state index in [4.69, 9.17) is 5.73 Å². The number of hydrogen-bond acceptors (Lipinski definition) is 5. The van der Waals surface area contributed by atoms with Crippen molar-refractivity contribution in [1.82, 2.24) is 15.1 Å². The predicted octanol–water partition coefficient (Wildman–Crippen LogP) is 4.51. The fourth-order valence-corrected chi connectivity index (χ4v) is 3.99. The van der Waals surface area contributed by atoms with Gasteiger partial charge in [-0.1, -0.05) is 33.8 Å². The minimum Gasteiger partial charge on any atom is -0.380 e. The van der Waals surface area contributed by atoms with Crippen molar-refractivity contribution >= 4 is 11.5 Å². The number of halogens is 1. The van der Waals surface area contributed by atoms with E-state index < -0.39 is 0 Å². The number of nitrogens with two attached hydrogens (primary N) is 1. The molecule has 0 saturated carbocycles. The summed E-state index contributed by atoms with van der Waals surface area (Å²) >= 11 is 0. The molecule has 0 aliphatic carbocycles. The van der Waals surface area contributed by atoms with Gasteiger partial charge in [0.05, 0.1) is 11.4 Å². The molecule has 5 nitrogen and oxygen atoms in total. The first-order valence-electron chi connectivity index (χ1n) is 10.3. The molecule has 1 aliphatic heterocycles. The zero-order valence-corrected chi connectivity index (χ0v) is 18.0.